The van der Waals surface area contributed by atoms with Gasteiger partial charge >= 0.3 is 0 Å². The van der Waals surface area contributed by atoms with Crippen LogP contribution in [0.2, 0.25) is 0 Å². The average Bonchev–Trinajstić information content (AvgIpc) is 3.21. The zero-order valence-electron chi connectivity index (χ0n) is 14.9. The number of rotatable bonds is 4. The van der Waals surface area contributed by atoms with Gasteiger partial charge < -0.3 is 11.1 Å². The van der Waals surface area contributed by atoms with Crippen molar-refractivity contribution in [3.63, 3.8) is 0 Å². The summed E-state index contributed by atoms with van der Waals surface area (Å²) in [6.07, 6.45) is 2.92. The van der Waals surface area contributed by atoms with Crippen LogP contribution in [-0.2, 0) is 13.6 Å². The normalized spacial score (nSPS) is 17.7. The Kier molecular flexibility index (Phi) is 4.44. The van der Waals surface area contributed by atoms with E-state index < -0.39 is 0 Å². The predicted molar refractivity (Wildman–Crippen MR) is 103 cm³/mol. The molecule has 1 aliphatic heterocycles. The fraction of sp³-hybridized carbons (Fsp3) is 0.300. The van der Waals surface area contributed by atoms with Crippen molar-refractivity contribution in [2.24, 2.45) is 12.8 Å². The van der Waals surface area contributed by atoms with Crippen molar-refractivity contribution >= 4 is 22.4 Å². The van der Waals surface area contributed by atoms with E-state index in [4.69, 9.17) is 5.73 Å². The van der Waals surface area contributed by atoms with Gasteiger partial charge in [-0.2, -0.15) is 5.10 Å². The molecular formula is C20H23N5O. The van der Waals surface area contributed by atoms with Crippen molar-refractivity contribution < 1.29 is 4.79 Å². The number of nitrogens with one attached hydrogen (secondary N) is 1. The molecule has 1 fully saturated rings. The molecule has 0 radical (unpaired) electrons. The molecule has 1 amide bonds. The fourth-order valence-corrected chi connectivity index (χ4v) is 3.61. The van der Waals surface area contributed by atoms with Gasteiger partial charge in [-0.05, 0) is 17.9 Å². The number of likely N-dealkylation sites (tertiary alicyclic amines) is 1. The minimum Gasteiger partial charge on any atom is -0.326 e. The Morgan fingerprint density at radius 3 is 2.88 bits per heavy atom. The summed E-state index contributed by atoms with van der Waals surface area (Å²) in [5.41, 5.74) is 8.20. The van der Waals surface area contributed by atoms with Gasteiger partial charge in [-0.25, -0.2) is 0 Å². The van der Waals surface area contributed by atoms with Gasteiger partial charge in [0, 0.05) is 55.6 Å². The Morgan fingerprint density at radius 2 is 2.08 bits per heavy atom. The summed E-state index contributed by atoms with van der Waals surface area (Å²) < 4.78 is 1.70. The molecule has 6 nitrogen and oxygen atoms in total. The minimum atomic E-state index is -0.180. The van der Waals surface area contributed by atoms with Crippen LogP contribution in [0.3, 0.4) is 0 Å². The number of carbonyl (C=O) groups excluding carboxylic acids is 1. The third-order valence-corrected chi connectivity index (χ3v) is 4.86. The zero-order chi connectivity index (χ0) is 18.1. The van der Waals surface area contributed by atoms with Gasteiger partial charge in [-0.1, -0.05) is 36.4 Å². The maximum absolute atomic E-state index is 12.9. The smallest absolute Gasteiger partial charge is 0.276 e. The number of carbonyl (C=O) groups is 1. The van der Waals surface area contributed by atoms with Crippen LogP contribution in [0.1, 0.15) is 22.5 Å². The van der Waals surface area contributed by atoms with Crippen LogP contribution in [0.5, 0.6) is 0 Å². The van der Waals surface area contributed by atoms with Gasteiger partial charge in [0.2, 0.25) is 0 Å². The molecule has 2 heterocycles. The van der Waals surface area contributed by atoms with E-state index in [1.807, 2.05) is 55.7 Å². The lowest BCUT2D eigenvalue weighted by molar-refractivity contribution is 0.102. The van der Waals surface area contributed by atoms with Gasteiger partial charge in [0.05, 0.1) is 0 Å². The third kappa shape index (κ3) is 3.34. The highest BCUT2D eigenvalue weighted by Gasteiger charge is 2.23. The summed E-state index contributed by atoms with van der Waals surface area (Å²) in [4.78, 5) is 15.2. The molecule has 134 valence electrons. The summed E-state index contributed by atoms with van der Waals surface area (Å²) in [7, 11) is 1.84. The maximum atomic E-state index is 12.9. The van der Waals surface area contributed by atoms with Crippen LogP contribution in [-0.4, -0.2) is 39.7 Å². The predicted octanol–water partition coefficient (Wildman–Crippen LogP) is 2.36. The molecule has 0 spiro atoms. The van der Waals surface area contributed by atoms with Crippen LogP contribution in [0, 0.1) is 0 Å². The molecule has 1 aliphatic rings. The Bertz CT molecular complexity index is 943. The number of nitrogens with zero attached hydrogens (tertiary/aromatic N) is 3. The standard InChI is InChI=1S/C20H23N5O/c1-24-11-15(12-25-10-9-16(21)13-25)19(23-24)20(26)22-18-8-4-6-14-5-2-3-7-17(14)18/h2-8,11,16H,9-10,12-13,21H2,1H3,(H,22,26). The maximum Gasteiger partial charge on any atom is 0.276 e. The lowest BCUT2D eigenvalue weighted by Gasteiger charge is -2.15. The first-order chi connectivity index (χ1) is 12.6. The van der Waals surface area contributed by atoms with Gasteiger partial charge in [0.1, 0.15) is 0 Å². The highest BCUT2D eigenvalue weighted by atomic mass is 16.2. The van der Waals surface area contributed by atoms with E-state index in [0.717, 1.165) is 41.5 Å². The van der Waals surface area contributed by atoms with Crippen molar-refractivity contribution in [2.45, 2.75) is 19.0 Å². The summed E-state index contributed by atoms with van der Waals surface area (Å²) in [5.74, 6) is -0.180. The Hall–Kier alpha value is -2.70. The summed E-state index contributed by atoms with van der Waals surface area (Å²) in [6.45, 7) is 2.51. The first-order valence-electron chi connectivity index (χ1n) is 8.90. The summed E-state index contributed by atoms with van der Waals surface area (Å²) in [6, 6.07) is 14.1. The van der Waals surface area contributed by atoms with Crippen LogP contribution in [0.4, 0.5) is 5.69 Å². The second-order valence-electron chi connectivity index (χ2n) is 6.94. The number of hydrogen-bond acceptors (Lipinski definition) is 4. The van der Waals surface area contributed by atoms with Gasteiger partial charge in [-0.3, -0.25) is 14.4 Å². The van der Waals surface area contributed by atoms with Crippen LogP contribution in [0.15, 0.2) is 48.7 Å². The molecule has 0 aliphatic carbocycles. The number of hydrogen-bond donors (Lipinski definition) is 2. The number of nitrogens with two attached hydrogens (primary N) is 1. The minimum absolute atomic E-state index is 0.180. The molecule has 1 unspecified atom stereocenters. The molecule has 0 bridgehead atoms. The van der Waals surface area contributed by atoms with Crippen LogP contribution < -0.4 is 11.1 Å². The summed E-state index contributed by atoms with van der Waals surface area (Å²) in [5, 5.41) is 9.54. The summed E-state index contributed by atoms with van der Waals surface area (Å²) >= 11 is 0. The first-order valence-corrected chi connectivity index (χ1v) is 8.90. The van der Waals surface area contributed by atoms with E-state index in [0.29, 0.717) is 12.2 Å². The Morgan fingerprint density at radius 1 is 1.27 bits per heavy atom. The second kappa shape index (κ2) is 6.90. The van der Waals surface area contributed by atoms with Crippen LogP contribution in [0.25, 0.3) is 10.8 Å². The van der Waals surface area contributed by atoms with E-state index in [-0.39, 0.29) is 11.9 Å². The highest BCUT2D eigenvalue weighted by molar-refractivity contribution is 6.08. The van der Waals surface area contributed by atoms with E-state index >= 15 is 0 Å². The van der Waals surface area contributed by atoms with Crippen molar-refractivity contribution in [1.29, 1.82) is 0 Å². The fourth-order valence-electron chi connectivity index (χ4n) is 3.61. The number of benzene rings is 2. The number of amides is 1. The monoisotopic (exact) mass is 349 g/mol. The highest BCUT2D eigenvalue weighted by Crippen LogP contribution is 2.24. The van der Waals surface area contributed by atoms with E-state index in [2.05, 4.69) is 15.3 Å². The number of anilines is 1. The Labute approximate surface area is 152 Å². The lowest BCUT2D eigenvalue weighted by Crippen LogP contribution is -2.27. The molecule has 1 aromatic heterocycles. The van der Waals surface area contributed by atoms with E-state index in [9.17, 15) is 4.79 Å². The molecular weight excluding hydrogens is 326 g/mol. The molecule has 3 aromatic rings. The van der Waals surface area contributed by atoms with Gasteiger partial charge in [0.15, 0.2) is 5.69 Å². The van der Waals surface area contributed by atoms with Crippen molar-refractivity contribution in [3.8, 4) is 0 Å². The SMILES string of the molecule is Cn1cc(CN2CCC(N)C2)c(C(=O)Nc2cccc3ccccc23)n1. The molecule has 3 N–H and O–H groups in total. The van der Waals surface area contributed by atoms with Gasteiger partial charge in [0.25, 0.3) is 5.91 Å². The van der Waals surface area contributed by atoms with E-state index in [1.54, 1.807) is 4.68 Å². The van der Waals surface area contributed by atoms with Crippen LogP contribution >= 0.6 is 0 Å². The second-order valence-corrected chi connectivity index (χ2v) is 6.94. The topological polar surface area (TPSA) is 76.2 Å². The molecule has 2 aromatic carbocycles. The third-order valence-electron chi connectivity index (χ3n) is 4.86. The number of aryl methyl sites for hydroxylation is 1. The van der Waals surface area contributed by atoms with Crippen molar-refractivity contribution in [2.75, 3.05) is 18.4 Å². The number of aromatic nitrogens is 2. The zero-order valence-corrected chi connectivity index (χ0v) is 14.9. The molecule has 26 heavy (non-hydrogen) atoms. The number of fused-ring (bicyclic) bond motifs is 1. The molecule has 1 saturated heterocycles. The first kappa shape index (κ1) is 16.8. The molecule has 0 saturated carbocycles. The van der Waals surface area contributed by atoms with Crippen molar-refractivity contribution in [3.05, 3.63) is 59.9 Å². The quantitative estimate of drug-likeness (QED) is 0.758. The van der Waals surface area contributed by atoms with Crippen molar-refractivity contribution in [1.82, 2.24) is 14.7 Å². The largest absolute Gasteiger partial charge is 0.326 e. The van der Waals surface area contributed by atoms with Gasteiger partial charge in [-0.15, -0.1) is 0 Å². The molecule has 4 rings (SSSR count). The average molecular weight is 349 g/mol. The molecule has 6 heteroatoms. The molecule has 1 atom stereocenters. The Balaban J connectivity index is 1.58. The lowest BCUT2D eigenvalue weighted by atomic mass is 10.1. The van der Waals surface area contributed by atoms with E-state index in [1.165, 1.54) is 0 Å².